The highest BCUT2D eigenvalue weighted by Gasteiger charge is 2.61. The third kappa shape index (κ3) is 10.3. The van der Waals surface area contributed by atoms with Crippen LogP contribution in [0.15, 0.2) is 54.6 Å². The molecule has 5 N–H and O–H groups in total. The van der Waals surface area contributed by atoms with E-state index in [1.807, 2.05) is 39.9 Å². The molecule has 1 saturated heterocycles. The summed E-state index contributed by atoms with van der Waals surface area (Å²) in [7, 11) is 1.29. The second kappa shape index (κ2) is 18.5. The molecule has 0 aromatic heterocycles. The number of carboxylic acid groups (broad SMARTS) is 2. The van der Waals surface area contributed by atoms with E-state index in [4.69, 9.17) is 42.5 Å². The second-order valence-electron chi connectivity index (χ2n) is 15.1. The van der Waals surface area contributed by atoms with Crippen molar-refractivity contribution in [1.29, 1.82) is 0 Å². The van der Waals surface area contributed by atoms with E-state index in [2.05, 4.69) is 10.6 Å². The van der Waals surface area contributed by atoms with E-state index in [0.29, 0.717) is 6.42 Å². The van der Waals surface area contributed by atoms with Gasteiger partial charge in [-0.3, -0.25) is 9.59 Å². The highest BCUT2D eigenvalue weighted by molar-refractivity contribution is 6.31. The summed E-state index contributed by atoms with van der Waals surface area (Å²) in [5.74, 6) is -7.08. The smallest absolute Gasteiger partial charge is 0.410 e. The maximum atomic E-state index is 16.3. The number of hydrogen-bond donors (Lipinski definition) is 5. The minimum atomic E-state index is -1.56. The van der Waals surface area contributed by atoms with E-state index >= 15 is 8.78 Å². The third-order valence-corrected chi connectivity index (χ3v) is 10.4. The van der Waals surface area contributed by atoms with Crippen LogP contribution >= 0.6 is 23.2 Å². The molecule has 0 saturated carbocycles. The summed E-state index contributed by atoms with van der Waals surface area (Å²) in [4.78, 5) is 61.5. The largest absolute Gasteiger partial charge is 0.495 e. The summed E-state index contributed by atoms with van der Waals surface area (Å²) >= 11 is 12.5. The maximum absolute atomic E-state index is 16.3. The highest BCUT2D eigenvalue weighted by atomic mass is 35.5. The minimum Gasteiger partial charge on any atom is -0.495 e. The Hall–Kier alpha value is -4.99. The van der Waals surface area contributed by atoms with Gasteiger partial charge in [-0.1, -0.05) is 76.0 Å². The number of ether oxygens (including phenoxy) is 3. The number of nitrogens with one attached hydrogen (secondary N) is 3. The van der Waals surface area contributed by atoms with Crippen LogP contribution in [0.4, 0.5) is 19.3 Å². The van der Waals surface area contributed by atoms with Crippen LogP contribution in [0, 0.1) is 23.0 Å². The van der Waals surface area contributed by atoms with E-state index in [-0.39, 0.29) is 49.5 Å². The number of anilines is 1. The third-order valence-electron chi connectivity index (χ3n) is 9.89. The van der Waals surface area contributed by atoms with Gasteiger partial charge in [-0.2, -0.15) is 0 Å². The van der Waals surface area contributed by atoms with Crippen LogP contribution in [0.25, 0.3) is 0 Å². The van der Waals surface area contributed by atoms with Gasteiger partial charge in [0, 0.05) is 28.8 Å². The fourth-order valence-corrected chi connectivity index (χ4v) is 7.88. The molecule has 1 heterocycles. The van der Waals surface area contributed by atoms with Crippen molar-refractivity contribution in [3.63, 3.8) is 0 Å². The van der Waals surface area contributed by atoms with Gasteiger partial charge in [-0.25, -0.2) is 23.2 Å². The number of methoxy groups -OCH3 is 1. The van der Waals surface area contributed by atoms with E-state index in [0.717, 1.165) is 0 Å². The minimum absolute atomic E-state index is 0.0211. The Morgan fingerprint density at radius 2 is 1.68 bits per heavy atom. The number of hydrogen-bond acceptors (Lipinski definition) is 9. The molecule has 3 aromatic rings. The first-order valence-electron chi connectivity index (χ1n) is 17.9. The molecule has 4 rings (SSSR count). The Labute approximate surface area is 338 Å². The van der Waals surface area contributed by atoms with E-state index in [1.165, 1.54) is 43.5 Å². The maximum Gasteiger partial charge on any atom is 0.410 e. The molecule has 0 aliphatic carbocycles. The number of benzene rings is 3. The van der Waals surface area contributed by atoms with Crippen molar-refractivity contribution in [2.75, 3.05) is 19.2 Å². The van der Waals surface area contributed by atoms with Gasteiger partial charge in [0.25, 0.3) is 0 Å². The summed E-state index contributed by atoms with van der Waals surface area (Å²) in [5, 5.41) is 26.3. The monoisotopic (exact) mass is 835 g/mol. The Morgan fingerprint density at radius 3 is 2.28 bits per heavy atom. The van der Waals surface area contributed by atoms with Crippen molar-refractivity contribution < 1.29 is 57.2 Å². The van der Waals surface area contributed by atoms with Crippen LogP contribution in [0.2, 0.25) is 10.0 Å². The van der Waals surface area contributed by atoms with Crippen LogP contribution < -0.4 is 20.7 Å². The molecule has 0 spiro atoms. The van der Waals surface area contributed by atoms with E-state index in [1.54, 1.807) is 18.2 Å². The molecule has 3 aromatic carbocycles. The van der Waals surface area contributed by atoms with Crippen molar-refractivity contribution in [3.05, 3.63) is 93.0 Å². The van der Waals surface area contributed by atoms with Crippen LogP contribution in [0.1, 0.15) is 81.3 Å². The predicted molar refractivity (Wildman–Crippen MR) is 207 cm³/mol. The van der Waals surface area contributed by atoms with Crippen LogP contribution in [-0.2, 0) is 29.3 Å². The highest BCUT2D eigenvalue weighted by Crippen LogP contribution is 2.57. The molecular weight excluding hydrogens is 791 g/mol. The first kappa shape index (κ1) is 44.7. The van der Waals surface area contributed by atoms with Crippen LogP contribution in [0.5, 0.6) is 5.75 Å². The molecule has 57 heavy (non-hydrogen) atoms. The number of rotatable bonds is 15. The first-order valence-corrected chi connectivity index (χ1v) is 18.7. The summed E-state index contributed by atoms with van der Waals surface area (Å²) in [5.41, 5.74) is -1.16. The lowest BCUT2D eigenvalue weighted by Crippen LogP contribution is -2.49. The average Bonchev–Trinajstić information content (AvgIpc) is 3.44. The molecule has 2 amide bonds. The zero-order valence-electron chi connectivity index (χ0n) is 32.1. The van der Waals surface area contributed by atoms with Gasteiger partial charge >= 0.3 is 24.0 Å². The Morgan fingerprint density at radius 1 is 0.982 bits per heavy atom. The van der Waals surface area contributed by atoms with Gasteiger partial charge in [0.1, 0.15) is 23.4 Å². The topological polar surface area (TPSA) is 190 Å². The number of amides is 2. The molecule has 5 unspecified atom stereocenters. The molecule has 1 fully saturated rings. The Bertz CT molecular complexity index is 2010. The molecule has 13 nitrogen and oxygen atoms in total. The van der Waals surface area contributed by atoms with Crippen LogP contribution in [0.3, 0.4) is 0 Å². The number of carbonyl (C=O) groups is 5. The normalized spacial score (nSPS) is 19.7. The lowest BCUT2D eigenvalue weighted by molar-refractivity contribution is -0.140. The molecular formula is C40H45Cl2F2N3O10. The van der Waals surface area contributed by atoms with Gasteiger partial charge in [0.05, 0.1) is 29.4 Å². The molecule has 0 bridgehead atoms. The van der Waals surface area contributed by atoms with E-state index < -0.39 is 90.6 Å². The number of carboxylic acids is 2. The second-order valence-corrected chi connectivity index (χ2v) is 16.0. The fraction of sp³-hybridized carbons (Fsp3) is 0.425. The fourth-order valence-electron chi connectivity index (χ4n) is 7.54. The zero-order chi connectivity index (χ0) is 42.4. The predicted octanol–water partition coefficient (Wildman–Crippen LogP) is 7.53. The average molecular weight is 837 g/mol. The number of aliphatic carboxylic acids is 2. The van der Waals surface area contributed by atoms with E-state index in [9.17, 15) is 29.1 Å². The summed E-state index contributed by atoms with van der Waals surface area (Å²) in [6.07, 6.45) is -1.75. The molecule has 308 valence electrons. The molecule has 0 radical (unpaired) electrons. The lowest BCUT2D eigenvalue weighted by Gasteiger charge is -2.46. The van der Waals surface area contributed by atoms with Crippen molar-refractivity contribution in [1.82, 2.24) is 10.6 Å². The summed E-state index contributed by atoms with van der Waals surface area (Å²) < 4.78 is 47.7. The van der Waals surface area contributed by atoms with Gasteiger partial charge in [-0.15, -0.1) is 0 Å². The Kier molecular flexibility index (Phi) is 14.5. The summed E-state index contributed by atoms with van der Waals surface area (Å²) in [6.45, 7) is 8.91. The number of esters is 1. The standard InChI is InChI=1S/C40H45Cl2F2N3O10/c1-20(2)40(24-12-11-22(41)17-26(24)43)30(18-39(3,4)5)47-34(32(40)23-8-7-9-25(42)33(23)44)35(50)45-27-13-10-21(16-29(27)55-6)37(53)56-19-57-38(54)46-28(36(51)52)14-15-31(48)49/h7-13,16-17,20,28,30,32,34,47H,14-15,18-19H2,1-6H3,(H,45,50)(H,46,54)(H,48,49)(H,51,52). The van der Waals surface area contributed by atoms with Gasteiger partial charge in [0.2, 0.25) is 12.7 Å². The number of carbonyl (C=O) groups excluding carboxylic acids is 3. The van der Waals surface area contributed by atoms with Crippen molar-refractivity contribution >= 4 is 58.8 Å². The zero-order valence-corrected chi connectivity index (χ0v) is 33.6. The molecule has 5 atom stereocenters. The van der Waals surface area contributed by atoms with Gasteiger partial charge in [-0.05, 0) is 71.7 Å². The van der Waals surface area contributed by atoms with Crippen molar-refractivity contribution in [2.45, 2.75) is 83.3 Å². The lowest BCUT2D eigenvalue weighted by atomic mass is 9.56. The quantitative estimate of drug-likeness (QED) is 0.0752. The van der Waals surface area contributed by atoms with Gasteiger partial charge in [0.15, 0.2) is 0 Å². The number of halogens is 4. The van der Waals surface area contributed by atoms with Crippen LogP contribution in [-0.4, -0.2) is 72.1 Å². The molecule has 1 aliphatic heterocycles. The Balaban J connectivity index is 1.65. The van der Waals surface area contributed by atoms with Crippen molar-refractivity contribution in [2.24, 2.45) is 11.3 Å². The molecule has 1 aliphatic rings. The SMILES string of the molecule is COc1cc(C(=O)OCOC(=O)NC(CCC(=O)O)C(=O)O)ccc1NC(=O)C1NC(CC(C)(C)C)C(c2ccc(Cl)cc2F)(C(C)C)C1c1cccc(Cl)c1F. The van der Waals surface area contributed by atoms with Gasteiger partial charge < -0.3 is 40.4 Å². The number of alkyl carbamates (subject to hydrolysis) is 1. The summed E-state index contributed by atoms with van der Waals surface area (Å²) in [6, 6.07) is 9.48. The first-order chi connectivity index (χ1) is 26.7. The van der Waals surface area contributed by atoms with Crippen molar-refractivity contribution in [3.8, 4) is 5.75 Å². The molecule has 17 heteroatoms.